The van der Waals surface area contributed by atoms with Gasteiger partial charge in [-0.2, -0.15) is 0 Å². The summed E-state index contributed by atoms with van der Waals surface area (Å²) in [7, 11) is 0. The minimum absolute atomic E-state index is 0.0557. The highest BCUT2D eigenvalue weighted by molar-refractivity contribution is 5.84. The van der Waals surface area contributed by atoms with Crippen LogP contribution in [0.25, 0.3) is 0 Å². The molecular weight excluding hydrogens is 202 g/mol. The van der Waals surface area contributed by atoms with Gasteiger partial charge in [0, 0.05) is 0 Å². The molecule has 2 nitrogen and oxygen atoms in total. The molecule has 1 atom stereocenters. The molecule has 1 aliphatic rings. The predicted molar refractivity (Wildman–Crippen MR) is 50.1 cm³/mol. The first-order chi connectivity index (χ1) is 7.18. The average Bonchev–Trinajstić information content (AvgIpc) is 2.27. The second-order valence-corrected chi connectivity index (χ2v) is 3.52. The van der Waals surface area contributed by atoms with E-state index < -0.39 is 18.1 Å². The van der Waals surface area contributed by atoms with E-state index in [1.165, 1.54) is 0 Å². The highest BCUT2D eigenvalue weighted by Crippen LogP contribution is 2.27. The van der Waals surface area contributed by atoms with E-state index in [-0.39, 0.29) is 6.61 Å². The number of fused-ring (bicyclic) bond motifs is 1. The fraction of sp³-hybridized carbons (Fsp3) is 0.364. The second-order valence-electron chi connectivity index (χ2n) is 3.52. The molecule has 1 aliphatic heterocycles. The monoisotopic (exact) mass is 212 g/mol. The van der Waals surface area contributed by atoms with E-state index in [1.807, 2.05) is 6.07 Å². The van der Waals surface area contributed by atoms with Crippen LogP contribution in [0, 0.1) is 5.92 Å². The summed E-state index contributed by atoms with van der Waals surface area (Å²) >= 11 is 0. The van der Waals surface area contributed by atoms with E-state index in [0.717, 1.165) is 5.56 Å². The smallest absolute Gasteiger partial charge is 0.296 e. The Bertz CT molecular complexity index is 377. The normalized spacial score (nSPS) is 19.5. The van der Waals surface area contributed by atoms with Gasteiger partial charge in [0.2, 0.25) is 5.78 Å². The van der Waals surface area contributed by atoms with Crippen molar-refractivity contribution >= 4 is 5.78 Å². The molecule has 0 bridgehead atoms. The summed E-state index contributed by atoms with van der Waals surface area (Å²) in [4.78, 5) is 11.1. The molecule has 0 spiro atoms. The molecule has 0 aliphatic carbocycles. The van der Waals surface area contributed by atoms with E-state index in [1.54, 1.807) is 18.2 Å². The standard InChI is InChI=1S/C11H10F2O2/c12-11(13)10(14)8-5-7-3-1-2-4-9(7)15-6-8/h1-4,8,11H,5-6H2. The Morgan fingerprint density at radius 2 is 2.13 bits per heavy atom. The number of ketones is 1. The SMILES string of the molecule is O=C(C(F)F)C1COc2ccccc2C1. The lowest BCUT2D eigenvalue weighted by molar-refractivity contribution is -0.135. The number of carbonyl (C=O) groups excluding carboxylic acids is 1. The van der Waals surface area contributed by atoms with Crippen LogP contribution in [0.15, 0.2) is 24.3 Å². The van der Waals surface area contributed by atoms with Crippen molar-refractivity contribution < 1.29 is 18.3 Å². The van der Waals surface area contributed by atoms with Gasteiger partial charge in [0.1, 0.15) is 5.75 Å². The number of para-hydroxylation sites is 1. The van der Waals surface area contributed by atoms with Crippen LogP contribution >= 0.6 is 0 Å². The minimum Gasteiger partial charge on any atom is -0.493 e. The van der Waals surface area contributed by atoms with Crippen LogP contribution in [-0.2, 0) is 11.2 Å². The molecule has 4 heteroatoms. The van der Waals surface area contributed by atoms with Crippen LogP contribution in [0.5, 0.6) is 5.75 Å². The molecule has 1 aromatic rings. The number of rotatable bonds is 2. The van der Waals surface area contributed by atoms with Gasteiger partial charge in [-0.05, 0) is 18.1 Å². The van der Waals surface area contributed by atoms with Gasteiger partial charge in [-0.25, -0.2) is 8.78 Å². The average molecular weight is 212 g/mol. The molecule has 1 aromatic carbocycles. The van der Waals surface area contributed by atoms with Crippen LogP contribution in [0.3, 0.4) is 0 Å². The molecule has 0 saturated heterocycles. The van der Waals surface area contributed by atoms with Gasteiger partial charge in [-0.1, -0.05) is 18.2 Å². The maximum atomic E-state index is 12.2. The molecule has 1 heterocycles. The van der Waals surface area contributed by atoms with Crippen LogP contribution in [0.2, 0.25) is 0 Å². The minimum atomic E-state index is -2.90. The molecule has 1 unspecified atom stereocenters. The van der Waals surface area contributed by atoms with Crippen LogP contribution in [0.4, 0.5) is 8.78 Å². The van der Waals surface area contributed by atoms with E-state index in [4.69, 9.17) is 4.74 Å². The van der Waals surface area contributed by atoms with Gasteiger partial charge in [-0.3, -0.25) is 4.79 Å². The fourth-order valence-electron chi connectivity index (χ4n) is 1.69. The zero-order valence-electron chi connectivity index (χ0n) is 7.95. The lowest BCUT2D eigenvalue weighted by atomic mass is 9.93. The molecule has 0 aromatic heterocycles. The lowest BCUT2D eigenvalue weighted by Crippen LogP contribution is -2.32. The van der Waals surface area contributed by atoms with Gasteiger partial charge < -0.3 is 4.74 Å². The number of hydrogen-bond acceptors (Lipinski definition) is 2. The van der Waals surface area contributed by atoms with Crippen molar-refractivity contribution in [1.82, 2.24) is 0 Å². The van der Waals surface area contributed by atoms with Gasteiger partial charge in [-0.15, -0.1) is 0 Å². The van der Waals surface area contributed by atoms with Crippen molar-refractivity contribution in [3.8, 4) is 5.75 Å². The number of alkyl halides is 2. The van der Waals surface area contributed by atoms with Crippen molar-refractivity contribution in [2.45, 2.75) is 12.8 Å². The van der Waals surface area contributed by atoms with Crippen molar-refractivity contribution in [3.63, 3.8) is 0 Å². The predicted octanol–water partition coefficient (Wildman–Crippen LogP) is 2.07. The quantitative estimate of drug-likeness (QED) is 0.750. The summed E-state index contributed by atoms with van der Waals surface area (Å²) in [6.07, 6.45) is -2.55. The zero-order chi connectivity index (χ0) is 10.8. The Labute approximate surface area is 85.9 Å². The second kappa shape index (κ2) is 3.96. The number of hydrogen-bond donors (Lipinski definition) is 0. The Morgan fingerprint density at radius 1 is 1.40 bits per heavy atom. The third kappa shape index (κ3) is 1.98. The third-order valence-corrected chi connectivity index (χ3v) is 2.50. The molecule has 0 amide bonds. The zero-order valence-corrected chi connectivity index (χ0v) is 7.95. The van der Waals surface area contributed by atoms with E-state index in [0.29, 0.717) is 12.2 Å². The maximum Gasteiger partial charge on any atom is 0.296 e. The first-order valence-electron chi connectivity index (χ1n) is 4.71. The van der Waals surface area contributed by atoms with Crippen molar-refractivity contribution in [2.24, 2.45) is 5.92 Å². The van der Waals surface area contributed by atoms with Gasteiger partial charge in [0.15, 0.2) is 0 Å². The summed E-state index contributed by atoms with van der Waals surface area (Å²) in [6, 6.07) is 7.18. The first-order valence-corrected chi connectivity index (χ1v) is 4.71. The summed E-state index contributed by atoms with van der Waals surface area (Å²) in [6.45, 7) is 0.0557. The van der Waals surface area contributed by atoms with Gasteiger partial charge in [0.05, 0.1) is 12.5 Å². The summed E-state index contributed by atoms with van der Waals surface area (Å²) in [5.41, 5.74) is 0.822. The van der Waals surface area contributed by atoms with Crippen LogP contribution in [0.1, 0.15) is 5.56 Å². The number of benzene rings is 1. The van der Waals surface area contributed by atoms with Gasteiger partial charge in [0.25, 0.3) is 6.43 Å². The van der Waals surface area contributed by atoms with E-state index in [9.17, 15) is 13.6 Å². The van der Waals surface area contributed by atoms with Crippen LogP contribution < -0.4 is 4.74 Å². The molecular formula is C11H10F2O2. The fourth-order valence-corrected chi connectivity index (χ4v) is 1.69. The summed E-state index contributed by atoms with van der Waals surface area (Å²) in [5, 5.41) is 0. The largest absolute Gasteiger partial charge is 0.493 e. The van der Waals surface area contributed by atoms with E-state index in [2.05, 4.69) is 0 Å². The number of Topliss-reactive ketones (excluding diaryl/α,β-unsaturated/α-hetero) is 1. The highest BCUT2D eigenvalue weighted by Gasteiger charge is 2.30. The molecule has 0 radical (unpaired) electrons. The Kier molecular flexibility index (Phi) is 2.66. The maximum absolute atomic E-state index is 12.2. The van der Waals surface area contributed by atoms with Crippen molar-refractivity contribution in [1.29, 1.82) is 0 Å². The Hall–Kier alpha value is -1.45. The Morgan fingerprint density at radius 3 is 2.87 bits per heavy atom. The molecule has 0 N–H and O–H groups in total. The summed E-state index contributed by atoms with van der Waals surface area (Å²) < 4.78 is 29.6. The molecule has 2 rings (SSSR count). The molecule has 15 heavy (non-hydrogen) atoms. The molecule has 0 fully saturated rings. The third-order valence-electron chi connectivity index (χ3n) is 2.50. The van der Waals surface area contributed by atoms with Crippen molar-refractivity contribution in [2.75, 3.05) is 6.61 Å². The molecule has 80 valence electrons. The number of carbonyl (C=O) groups is 1. The van der Waals surface area contributed by atoms with E-state index >= 15 is 0 Å². The van der Waals surface area contributed by atoms with Gasteiger partial charge >= 0.3 is 0 Å². The van der Waals surface area contributed by atoms with Crippen LogP contribution in [-0.4, -0.2) is 18.8 Å². The van der Waals surface area contributed by atoms with Crippen molar-refractivity contribution in [3.05, 3.63) is 29.8 Å². The number of ether oxygens (including phenoxy) is 1. The number of halogens is 2. The topological polar surface area (TPSA) is 26.3 Å². The lowest BCUT2D eigenvalue weighted by Gasteiger charge is -2.23. The molecule has 0 saturated carbocycles. The Balaban J connectivity index is 2.15. The first kappa shape index (κ1) is 10.1. The highest BCUT2D eigenvalue weighted by atomic mass is 19.3. The summed E-state index contributed by atoms with van der Waals surface area (Å²) in [5.74, 6) is -1.04.